The molecule has 1 N–H and O–H groups in total. The molecule has 0 aliphatic heterocycles. The molecule has 6 nitrogen and oxygen atoms in total. The van der Waals surface area contributed by atoms with Crippen LogP contribution in [-0.2, 0) is 11.8 Å². The van der Waals surface area contributed by atoms with Crippen molar-refractivity contribution in [3.8, 4) is 17.1 Å². The minimum atomic E-state index is -0.413. The van der Waals surface area contributed by atoms with Gasteiger partial charge in [-0.3, -0.25) is 4.79 Å². The van der Waals surface area contributed by atoms with Gasteiger partial charge in [-0.05, 0) is 43.3 Å². The van der Waals surface area contributed by atoms with Crippen LogP contribution in [0.2, 0.25) is 0 Å². The number of rotatable bonds is 6. The standard InChI is InChI=1S/C19H19FN4O2S/c1-12(18(25)21-13-8-10-14(26-3)11-9-13)27-19-23-22-17(24(19)2)15-6-4-5-7-16(15)20/h4-12H,1-3H3,(H,21,25)/t12-/m1/s1. The maximum Gasteiger partial charge on any atom is 0.237 e. The largest absolute Gasteiger partial charge is 0.497 e. The molecule has 0 aliphatic rings. The molecule has 3 rings (SSSR count). The number of amides is 1. The van der Waals surface area contributed by atoms with Crippen LogP contribution in [0.15, 0.2) is 53.7 Å². The fraction of sp³-hybridized carbons (Fsp3) is 0.211. The van der Waals surface area contributed by atoms with E-state index in [0.29, 0.717) is 22.2 Å². The van der Waals surface area contributed by atoms with Gasteiger partial charge in [-0.1, -0.05) is 23.9 Å². The number of aromatic nitrogens is 3. The van der Waals surface area contributed by atoms with Crippen LogP contribution in [0.3, 0.4) is 0 Å². The van der Waals surface area contributed by atoms with E-state index in [0.717, 1.165) is 5.75 Å². The minimum Gasteiger partial charge on any atom is -0.497 e. The van der Waals surface area contributed by atoms with Gasteiger partial charge in [0.1, 0.15) is 11.6 Å². The molecule has 8 heteroatoms. The number of thioether (sulfide) groups is 1. The van der Waals surface area contributed by atoms with E-state index in [4.69, 9.17) is 4.74 Å². The van der Waals surface area contributed by atoms with Crippen LogP contribution < -0.4 is 10.1 Å². The summed E-state index contributed by atoms with van der Waals surface area (Å²) in [4.78, 5) is 12.4. The molecule has 0 saturated heterocycles. The van der Waals surface area contributed by atoms with Crippen molar-refractivity contribution in [3.05, 3.63) is 54.3 Å². The maximum absolute atomic E-state index is 14.0. The van der Waals surface area contributed by atoms with Gasteiger partial charge in [-0.2, -0.15) is 0 Å². The number of carbonyl (C=O) groups is 1. The van der Waals surface area contributed by atoms with Gasteiger partial charge in [-0.15, -0.1) is 10.2 Å². The van der Waals surface area contributed by atoms with E-state index in [1.807, 2.05) is 0 Å². The van der Waals surface area contributed by atoms with Crippen LogP contribution >= 0.6 is 11.8 Å². The zero-order valence-corrected chi connectivity index (χ0v) is 16.0. The Morgan fingerprint density at radius 3 is 2.56 bits per heavy atom. The van der Waals surface area contributed by atoms with Gasteiger partial charge in [0.2, 0.25) is 5.91 Å². The zero-order valence-electron chi connectivity index (χ0n) is 15.1. The van der Waals surface area contributed by atoms with Crippen LogP contribution in [0, 0.1) is 5.82 Å². The maximum atomic E-state index is 14.0. The number of anilines is 1. The van der Waals surface area contributed by atoms with E-state index >= 15 is 0 Å². The van der Waals surface area contributed by atoms with Gasteiger partial charge in [0.15, 0.2) is 11.0 Å². The molecule has 0 saturated carbocycles. The molecule has 1 aromatic heterocycles. The van der Waals surface area contributed by atoms with Gasteiger partial charge < -0.3 is 14.6 Å². The van der Waals surface area contributed by atoms with E-state index in [9.17, 15) is 9.18 Å². The van der Waals surface area contributed by atoms with E-state index in [1.54, 1.807) is 68.1 Å². The Morgan fingerprint density at radius 2 is 1.89 bits per heavy atom. The first kappa shape index (κ1) is 18.9. The van der Waals surface area contributed by atoms with Crippen molar-refractivity contribution < 1.29 is 13.9 Å². The number of nitrogens with one attached hydrogen (secondary N) is 1. The Bertz CT molecular complexity index is 943. The second-order valence-corrected chi connectivity index (χ2v) is 7.13. The number of halogens is 1. The summed E-state index contributed by atoms with van der Waals surface area (Å²) in [6, 6.07) is 13.5. The molecule has 3 aromatic rings. The molecule has 1 amide bonds. The first-order valence-corrected chi connectivity index (χ1v) is 9.13. The number of nitrogens with zero attached hydrogens (tertiary/aromatic N) is 3. The quantitative estimate of drug-likeness (QED) is 0.654. The van der Waals surface area contributed by atoms with Crippen molar-refractivity contribution in [2.75, 3.05) is 12.4 Å². The first-order chi connectivity index (χ1) is 13.0. The predicted octanol–water partition coefficient (Wildman–Crippen LogP) is 3.75. The number of ether oxygens (including phenoxy) is 1. The summed E-state index contributed by atoms with van der Waals surface area (Å²) in [5.41, 5.74) is 1.05. The normalized spacial score (nSPS) is 11.9. The van der Waals surface area contributed by atoms with Crippen molar-refractivity contribution >= 4 is 23.4 Å². The van der Waals surface area contributed by atoms with Crippen LogP contribution in [0.4, 0.5) is 10.1 Å². The third kappa shape index (κ3) is 4.28. The van der Waals surface area contributed by atoms with E-state index in [-0.39, 0.29) is 11.7 Å². The number of hydrogen-bond acceptors (Lipinski definition) is 5. The van der Waals surface area contributed by atoms with E-state index in [2.05, 4.69) is 15.5 Å². The minimum absolute atomic E-state index is 0.166. The highest BCUT2D eigenvalue weighted by atomic mass is 32.2. The molecular formula is C19H19FN4O2S. The molecule has 0 bridgehead atoms. The lowest BCUT2D eigenvalue weighted by molar-refractivity contribution is -0.115. The van der Waals surface area contributed by atoms with E-state index < -0.39 is 5.25 Å². The third-order valence-electron chi connectivity index (χ3n) is 3.96. The van der Waals surface area contributed by atoms with Gasteiger partial charge in [0, 0.05) is 12.7 Å². The number of benzene rings is 2. The highest BCUT2D eigenvalue weighted by molar-refractivity contribution is 8.00. The summed E-state index contributed by atoms with van der Waals surface area (Å²) in [5.74, 6) is 0.601. The molecule has 0 spiro atoms. The van der Waals surface area contributed by atoms with Gasteiger partial charge in [0.05, 0.1) is 17.9 Å². The Kier molecular flexibility index (Phi) is 5.75. The molecule has 0 fully saturated rings. The van der Waals surface area contributed by atoms with Crippen LogP contribution in [0.5, 0.6) is 5.75 Å². The second-order valence-electron chi connectivity index (χ2n) is 5.82. The van der Waals surface area contributed by atoms with Gasteiger partial charge in [0.25, 0.3) is 0 Å². The lowest BCUT2D eigenvalue weighted by Crippen LogP contribution is -2.22. The van der Waals surface area contributed by atoms with Crippen LogP contribution in [-0.4, -0.2) is 33.0 Å². The number of methoxy groups -OCH3 is 1. The monoisotopic (exact) mass is 386 g/mol. The first-order valence-electron chi connectivity index (χ1n) is 8.25. The number of carbonyl (C=O) groups excluding carboxylic acids is 1. The molecule has 27 heavy (non-hydrogen) atoms. The molecule has 140 valence electrons. The van der Waals surface area contributed by atoms with Crippen molar-refractivity contribution in [1.29, 1.82) is 0 Å². The summed E-state index contributed by atoms with van der Waals surface area (Å²) < 4.78 is 20.8. The Balaban J connectivity index is 1.69. The van der Waals surface area contributed by atoms with Gasteiger partial charge >= 0.3 is 0 Å². The van der Waals surface area contributed by atoms with Crippen LogP contribution in [0.1, 0.15) is 6.92 Å². The highest BCUT2D eigenvalue weighted by Crippen LogP contribution is 2.27. The lowest BCUT2D eigenvalue weighted by atomic mass is 10.2. The SMILES string of the molecule is COc1ccc(NC(=O)[C@@H](C)Sc2nnc(-c3ccccc3F)n2C)cc1. The summed E-state index contributed by atoms with van der Waals surface area (Å²) >= 11 is 1.26. The summed E-state index contributed by atoms with van der Waals surface area (Å²) in [6.07, 6.45) is 0. The summed E-state index contributed by atoms with van der Waals surface area (Å²) in [7, 11) is 3.33. The molecule has 0 aliphatic carbocycles. The fourth-order valence-electron chi connectivity index (χ4n) is 2.42. The fourth-order valence-corrected chi connectivity index (χ4v) is 3.24. The Labute approximate surface area is 160 Å². The predicted molar refractivity (Wildman–Crippen MR) is 103 cm³/mol. The number of hydrogen-bond donors (Lipinski definition) is 1. The van der Waals surface area contributed by atoms with E-state index in [1.165, 1.54) is 17.8 Å². The van der Waals surface area contributed by atoms with Crippen molar-refractivity contribution in [2.45, 2.75) is 17.3 Å². The topological polar surface area (TPSA) is 69.0 Å². The average Bonchev–Trinajstić information content (AvgIpc) is 3.03. The molecular weight excluding hydrogens is 367 g/mol. The van der Waals surface area contributed by atoms with Crippen molar-refractivity contribution in [1.82, 2.24) is 14.8 Å². The summed E-state index contributed by atoms with van der Waals surface area (Å²) in [6.45, 7) is 1.78. The molecule has 1 atom stereocenters. The third-order valence-corrected chi connectivity index (χ3v) is 5.09. The second kappa shape index (κ2) is 8.22. The Hall–Kier alpha value is -2.87. The van der Waals surface area contributed by atoms with Crippen molar-refractivity contribution in [3.63, 3.8) is 0 Å². The smallest absolute Gasteiger partial charge is 0.237 e. The lowest BCUT2D eigenvalue weighted by Gasteiger charge is -2.12. The molecule has 0 unspecified atom stereocenters. The molecule has 2 aromatic carbocycles. The highest BCUT2D eigenvalue weighted by Gasteiger charge is 2.20. The van der Waals surface area contributed by atoms with Gasteiger partial charge in [-0.25, -0.2) is 4.39 Å². The molecule has 1 heterocycles. The zero-order chi connectivity index (χ0) is 19.4. The summed E-state index contributed by atoms with van der Waals surface area (Å²) in [5, 5.41) is 11.1. The molecule has 0 radical (unpaired) electrons. The Morgan fingerprint density at radius 1 is 1.19 bits per heavy atom. The van der Waals surface area contributed by atoms with Crippen LogP contribution in [0.25, 0.3) is 11.4 Å². The average molecular weight is 386 g/mol. The van der Waals surface area contributed by atoms with Crippen molar-refractivity contribution in [2.24, 2.45) is 7.05 Å².